The normalized spacial score (nSPS) is 11.9. The molecule has 0 aromatic heterocycles. The van der Waals surface area contributed by atoms with E-state index in [1.54, 1.807) is 66.7 Å². The Bertz CT molecular complexity index is 1230. The van der Waals surface area contributed by atoms with E-state index in [1.807, 2.05) is 6.07 Å². The van der Waals surface area contributed by atoms with Crippen LogP contribution in [0.15, 0.2) is 72.8 Å². The monoisotopic (exact) mass is 567 g/mol. The predicted octanol–water partition coefficient (Wildman–Crippen LogP) is 6.55. The molecule has 10 heteroatoms. The van der Waals surface area contributed by atoms with Crippen LogP contribution in [0.3, 0.4) is 0 Å². The number of ketones is 2. The van der Waals surface area contributed by atoms with Crippen molar-refractivity contribution in [2.75, 3.05) is 18.5 Å². The molecule has 0 saturated heterocycles. The summed E-state index contributed by atoms with van der Waals surface area (Å²) in [6.07, 6.45) is -0.907. The van der Waals surface area contributed by atoms with Gasteiger partial charge in [0.25, 0.3) is 3.79 Å². The zero-order valence-electron chi connectivity index (χ0n) is 19.0. The standard InChI is InChI=1S/C26H21Cl4NO5/c1-16(32)17-7-10-20(11-8-17)35-15-21(36-25(34)26(28,29)30)14-31-23-12-9-19(27)13-22(23)24(33)18-5-3-2-4-6-18/h2-13,21,31H,14-15H2,1H3/t21-/m0/s1. The van der Waals surface area contributed by atoms with Crippen molar-refractivity contribution in [1.29, 1.82) is 0 Å². The average Bonchev–Trinajstić information content (AvgIpc) is 2.85. The van der Waals surface area contributed by atoms with Crippen molar-refractivity contribution in [3.63, 3.8) is 0 Å². The van der Waals surface area contributed by atoms with Gasteiger partial charge in [0.15, 0.2) is 17.7 Å². The van der Waals surface area contributed by atoms with E-state index in [-0.39, 0.29) is 24.7 Å². The molecule has 0 unspecified atom stereocenters. The first-order valence-electron chi connectivity index (χ1n) is 10.7. The van der Waals surface area contributed by atoms with E-state index in [0.29, 0.717) is 33.1 Å². The van der Waals surface area contributed by atoms with Crippen LogP contribution in [0.1, 0.15) is 33.2 Å². The Morgan fingerprint density at radius 2 is 1.58 bits per heavy atom. The van der Waals surface area contributed by atoms with Crippen LogP contribution < -0.4 is 10.1 Å². The summed E-state index contributed by atoms with van der Waals surface area (Å²) in [4.78, 5) is 36.8. The number of carbonyl (C=O) groups is 3. The topological polar surface area (TPSA) is 81.7 Å². The lowest BCUT2D eigenvalue weighted by Crippen LogP contribution is -2.36. The number of rotatable bonds is 10. The summed E-state index contributed by atoms with van der Waals surface area (Å²) in [7, 11) is 0. The first kappa shape index (κ1) is 27.8. The van der Waals surface area contributed by atoms with Gasteiger partial charge in [-0.15, -0.1) is 0 Å². The quantitative estimate of drug-likeness (QED) is 0.170. The van der Waals surface area contributed by atoms with Gasteiger partial charge in [-0.2, -0.15) is 0 Å². The smallest absolute Gasteiger partial charge is 0.359 e. The summed E-state index contributed by atoms with van der Waals surface area (Å²) in [5.41, 5.74) is 1.82. The molecule has 1 atom stereocenters. The molecule has 0 heterocycles. The second-order valence-corrected chi connectivity index (χ2v) is 10.4. The summed E-state index contributed by atoms with van der Waals surface area (Å²) in [5.74, 6) is -0.950. The molecule has 1 N–H and O–H groups in total. The lowest BCUT2D eigenvalue weighted by atomic mass is 10.0. The number of halogens is 4. The molecule has 0 amide bonds. The molecule has 0 aliphatic heterocycles. The SMILES string of the molecule is CC(=O)c1ccc(OC[C@H](CNc2ccc(Cl)cc2C(=O)c2ccccc2)OC(=O)C(Cl)(Cl)Cl)cc1. The van der Waals surface area contributed by atoms with Crippen molar-refractivity contribution in [1.82, 2.24) is 0 Å². The third-order valence-corrected chi connectivity index (χ3v) is 5.68. The average molecular weight is 569 g/mol. The van der Waals surface area contributed by atoms with Crippen molar-refractivity contribution in [2.45, 2.75) is 16.8 Å². The molecule has 188 valence electrons. The minimum Gasteiger partial charge on any atom is -0.490 e. The Hall–Kier alpha value is -2.77. The molecule has 0 fully saturated rings. The first-order chi connectivity index (χ1) is 17.0. The van der Waals surface area contributed by atoms with Crippen molar-refractivity contribution >= 4 is 69.6 Å². The molecule has 3 aromatic rings. The third-order valence-electron chi connectivity index (χ3n) is 4.98. The molecule has 0 radical (unpaired) electrons. The predicted molar refractivity (Wildman–Crippen MR) is 142 cm³/mol. The van der Waals surface area contributed by atoms with Crippen LogP contribution in [0.4, 0.5) is 5.69 Å². The number of hydrogen-bond acceptors (Lipinski definition) is 6. The Kier molecular flexibility index (Phi) is 9.63. The van der Waals surface area contributed by atoms with E-state index in [4.69, 9.17) is 55.9 Å². The lowest BCUT2D eigenvalue weighted by Gasteiger charge is -2.22. The van der Waals surface area contributed by atoms with Crippen LogP contribution >= 0.6 is 46.4 Å². The highest BCUT2D eigenvalue weighted by Crippen LogP contribution is 2.29. The van der Waals surface area contributed by atoms with Crippen LogP contribution in [0.5, 0.6) is 5.75 Å². The van der Waals surface area contributed by atoms with Gasteiger partial charge in [0.05, 0.1) is 6.54 Å². The Balaban J connectivity index is 1.77. The number of alkyl halides is 3. The fraction of sp³-hybridized carbons (Fsp3) is 0.192. The van der Waals surface area contributed by atoms with Crippen LogP contribution in [-0.2, 0) is 9.53 Å². The van der Waals surface area contributed by atoms with Crippen LogP contribution in [0.2, 0.25) is 5.02 Å². The number of anilines is 1. The zero-order valence-corrected chi connectivity index (χ0v) is 22.0. The van der Waals surface area contributed by atoms with Crippen LogP contribution in [0, 0.1) is 0 Å². The number of esters is 1. The van der Waals surface area contributed by atoms with Gasteiger partial charge >= 0.3 is 5.97 Å². The van der Waals surface area contributed by atoms with Gasteiger partial charge in [0.1, 0.15) is 12.4 Å². The molecule has 0 saturated carbocycles. The third kappa shape index (κ3) is 7.87. The van der Waals surface area contributed by atoms with Crippen LogP contribution in [-0.4, -0.2) is 40.6 Å². The molecule has 36 heavy (non-hydrogen) atoms. The molecule has 3 rings (SSSR count). The summed E-state index contributed by atoms with van der Waals surface area (Å²) in [6, 6.07) is 20.0. The minimum atomic E-state index is -2.28. The maximum Gasteiger partial charge on any atom is 0.359 e. The summed E-state index contributed by atoms with van der Waals surface area (Å²) >= 11 is 23.1. The molecule has 0 spiro atoms. The highest BCUT2D eigenvalue weighted by atomic mass is 35.6. The fourth-order valence-electron chi connectivity index (χ4n) is 3.16. The molecule has 0 aliphatic carbocycles. The van der Waals surface area contributed by atoms with Gasteiger partial charge < -0.3 is 14.8 Å². The fourth-order valence-corrected chi connectivity index (χ4v) is 3.46. The zero-order chi connectivity index (χ0) is 26.3. The van der Waals surface area contributed by atoms with E-state index < -0.39 is 15.9 Å². The maximum absolute atomic E-state index is 13.1. The van der Waals surface area contributed by atoms with E-state index in [1.165, 1.54) is 6.92 Å². The van der Waals surface area contributed by atoms with Gasteiger partial charge in [-0.1, -0.05) is 76.7 Å². The second-order valence-electron chi connectivity index (χ2n) is 7.68. The van der Waals surface area contributed by atoms with Crippen molar-refractivity contribution < 1.29 is 23.9 Å². The minimum absolute atomic E-state index is 0.0225. The number of ether oxygens (including phenoxy) is 2. The van der Waals surface area contributed by atoms with Gasteiger partial charge in [-0.25, -0.2) is 4.79 Å². The largest absolute Gasteiger partial charge is 0.490 e. The Labute approximate surface area is 228 Å². The Morgan fingerprint density at radius 1 is 0.917 bits per heavy atom. The highest BCUT2D eigenvalue weighted by molar-refractivity contribution is 6.75. The van der Waals surface area contributed by atoms with Crippen LogP contribution in [0.25, 0.3) is 0 Å². The highest BCUT2D eigenvalue weighted by Gasteiger charge is 2.35. The number of nitrogens with one attached hydrogen (secondary N) is 1. The van der Waals surface area contributed by atoms with Gasteiger partial charge in [0, 0.05) is 27.4 Å². The number of Topliss-reactive ketones (excluding diaryl/α,β-unsaturated/α-hetero) is 1. The Morgan fingerprint density at radius 3 is 2.19 bits per heavy atom. The van der Waals surface area contributed by atoms with Gasteiger partial charge in [-0.05, 0) is 49.4 Å². The summed E-state index contributed by atoms with van der Waals surface area (Å²) < 4.78 is 8.79. The van der Waals surface area contributed by atoms with Crippen molar-refractivity contribution in [2.24, 2.45) is 0 Å². The van der Waals surface area contributed by atoms with E-state index in [0.717, 1.165) is 0 Å². The molecule has 0 bridgehead atoms. The lowest BCUT2D eigenvalue weighted by molar-refractivity contribution is -0.148. The van der Waals surface area contributed by atoms with Crippen molar-refractivity contribution in [3.05, 3.63) is 94.5 Å². The van der Waals surface area contributed by atoms with Crippen molar-refractivity contribution in [3.8, 4) is 5.75 Å². The maximum atomic E-state index is 13.1. The number of hydrogen-bond donors (Lipinski definition) is 1. The first-order valence-corrected chi connectivity index (χ1v) is 12.2. The van der Waals surface area contributed by atoms with E-state index in [9.17, 15) is 14.4 Å². The summed E-state index contributed by atoms with van der Waals surface area (Å²) in [5, 5.41) is 3.48. The van der Waals surface area contributed by atoms with Gasteiger partial charge in [-0.3, -0.25) is 9.59 Å². The molecule has 0 aliphatic rings. The van der Waals surface area contributed by atoms with Gasteiger partial charge in [0.2, 0.25) is 0 Å². The second kappa shape index (κ2) is 12.5. The molecular weight excluding hydrogens is 548 g/mol. The molecule has 6 nitrogen and oxygen atoms in total. The molecular formula is C26H21Cl4NO5. The van der Waals surface area contributed by atoms with E-state index in [2.05, 4.69) is 5.32 Å². The number of benzene rings is 3. The van der Waals surface area contributed by atoms with E-state index >= 15 is 0 Å². The number of carbonyl (C=O) groups excluding carboxylic acids is 3. The molecule has 3 aromatic carbocycles. The summed E-state index contributed by atoms with van der Waals surface area (Å²) in [6.45, 7) is 1.38.